The molecule has 1 N–H and O–H groups in total. The van der Waals surface area contributed by atoms with E-state index in [-0.39, 0.29) is 5.91 Å². The minimum absolute atomic E-state index is 0.274. The number of aromatic nitrogens is 2. The van der Waals surface area contributed by atoms with Gasteiger partial charge in [-0.05, 0) is 25.0 Å². The summed E-state index contributed by atoms with van der Waals surface area (Å²) in [6, 6.07) is 3.48. The summed E-state index contributed by atoms with van der Waals surface area (Å²) in [5.41, 5.74) is 0. The van der Waals surface area contributed by atoms with E-state index in [1.54, 1.807) is 12.1 Å². The van der Waals surface area contributed by atoms with Crippen LogP contribution in [0.1, 0.15) is 19.3 Å². The number of amides is 1. The van der Waals surface area contributed by atoms with E-state index in [1.807, 2.05) is 4.90 Å². The van der Waals surface area contributed by atoms with E-state index >= 15 is 0 Å². The van der Waals surface area contributed by atoms with Gasteiger partial charge in [0, 0.05) is 26.1 Å². The molecule has 17 heavy (non-hydrogen) atoms. The lowest BCUT2D eigenvalue weighted by atomic mass is 10.4. The fourth-order valence-corrected chi connectivity index (χ4v) is 1.94. The number of likely N-dealkylation sites (tertiary alicyclic amines) is 1. The van der Waals surface area contributed by atoms with Crippen molar-refractivity contribution >= 4 is 23.3 Å². The lowest BCUT2D eigenvalue weighted by Crippen LogP contribution is -2.27. The molecule has 6 heteroatoms. The molecule has 1 saturated heterocycles. The minimum atomic E-state index is 0.274. The van der Waals surface area contributed by atoms with Crippen molar-refractivity contribution in [2.45, 2.75) is 19.3 Å². The molecule has 0 atom stereocenters. The predicted octanol–water partition coefficient (Wildman–Crippen LogP) is 1.55. The molecule has 0 unspecified atom stereocenters. The zero-order chi connectivity index (χ0) is 12.1. The van der Waals surface area contributed by atoms with Gasteiger partial charge in [0.15, 0.2) is 5.15 Å². The third kappa shape index (κ3) is 3.56. The molecule has 1 aliphatic heterocycles. The fraction of sp³-hybridized carbons (Fsp3) is 0.545. The van der Waals surface area contributed by atoms with Crippen molar-refractivity contribution in [3.63, 3.8) is 0 Å². The highest BCUT2D eigenvalue weighted by Gasteiger charge is 2.18. The summed E-state index contributed by atoms with van der Waals surface area (Å²) in [6.45, 7) is 2.49. The van der Waals surface area contributed by atoms with Crippen LogP contribution < -0.4 is 5.32 Å². The van der Waals surface area contributed by atoms with E-state index in [4.69, 9.17) is 11.6 Å². The molecular weight excluding hydrogens is 240 g/mol. The summed E-state index contributed by atoms with van der Waals surface area (Å²) in [5, 5.41) is 11.2. The Morgan fingerprint density at radius 1 is 1.41 bits per heavy atom. The SMILES string of the molecule is O=C1CCCN1CCCNc1ccc(Cl)nn1. The van der Waals surface area contributed by atoms with Gasteiger partial charge in [0.25, 0.3) is 0 Å². The maximum Gasteiger partial charge on any atom is 0.222 e. The van der Waals surface area contributed by atoms with Crippen LogP contribution in [0.5, 0.6) is 0 Å². The highest BCUT2D eigenvalue weighted by Crippen LogP contribution is 2.10. The van der Waals surface area contributed by atoms with Crippen molar-refractivity contribution in [3.05, 3.63) is 17.3 Å². The van der Waals surface area contributed by atoms with Crippen molar-refractivity contribution in [1.29, 1.82) is 0 Å². The van der Waals surface area contributed by atoms with Crippen molar-refractivity contribution < 1.29 is 4.79 Å². The van der Waals surface area contributed by atoms with Gasteiger partial charge in [-0.15, -0.1) is 10.2 Å². The number of nitrogens with one attached hydrogen (secondary N) is 1. The van der Waals surface area contributed by atoms with Gasteiger partial charge in [-0.3, -0.25) is 4.79 Å². The van der Waals surface area contributed by atoms with Crippen molar-refractivity contribution in [3.8, 4) is 0 Å². The highest BCUT2D eigenvalue weighted by atomic mass is 35.5. The maximum atomic E-state index is 11.3. The maximum absolute atomic E-state index is 11.3. The number of rotatable bonds is 5. The molecule has 1 fully saturated rings. The van der Waals surface area contributed by atoms with Crippen molar-refractivity contribution in [2.75, 3.05) is 25.0 Å². The summed E-state index contributed by atoms with van der Waals surface area (Å²) in [6.07, 6.45) is 2.61. The Kier molecular flexibility index (Phi) is 4.14. The first kappa shape index (κ1) is 12.1. The topological polar surface area (TPSA) is 58.1 Å². The Bertz CT molecular complexity index is 382. The zero-order valence-corrected chi connectivity index (χ0v) is 10.3. The Hall–Kier alpha value is -1.36. The Morgan fingerprint density at radius 2 is 2.29 bits per heavy atom. The number of nitrogens with zero attached hydrogens (tertiary/aromatic N) is 3. The number of hydrogen-bond acceptors (Lipinski definition) is 4. The summed E-state index contributed by atoms with van der Waals surface area (Å²) in [5.74, 6) is 0.985. The molecule has 0 bridgehead atoms. The van der Waals surface area contributed by atoms with Gasteiger partial charge in [-0.25, -0.2) is 0 Å². The van der Waals surface area contributed by atoms with Gasteiger partial charge in [-0.2, -0.15) is 0 Å². The fourth-order valence-electron chi connectivity index (χ4n) is 1.84. The summed E-state index contributed by atoms with van der Waals surface area (Å²) in [4.78, 5) is 13.3. The standard InChI is InChI=1S/C11H15ClN4O/c12-9-4-5-10(15-14-9)13-6-2-8-16-7-1-3-11(16)17/h4-5H,1-3,6-8H2,(H,13,15). The molecule has 2 rings (SSSR count). The molecule has 1 aromatic heterocycles. The molecule has 1 amide bonds. The number of carbonyl (C=O) groups excluding carboxylic acids is 1. The van der Waals surface area contributed by atoms with Gasteiger partial charge >= 0.3 is 0 Å². The van der Waals surface area contributed by atoms with Gasteiger partial charge in [-0.1, -0.05) is 11.6 Å². The quantitative estimate of drug-likeness (QED) is 0.810. The summed E-state index contributed by atoms with van der Waals surface area (Å²) in [7, 11) is 0. The van der Waals surface area contributed by atoms with Crippen molar-refractivity contribution in [2.24, 2.45) is 0 Å². The zero-order valence-electron chi connectivity index (χ0n) is 9.53. The van der Waals surface area contributed by atoms with E-state index in [1.165, 1.54) is 0 Å². The van der Waals surface area contributed by atoms with Crippen LogP contribution in [0.3, 0.4) is 0 Å². The second-order valence-electron chi connectivity index (χ2n) is 4.01. The van der Waals surface area contributed by atoms with Gasteiger partial charge in [0.2, 0.25) is 5.91 Å². The van der Waals surface area contributed by atoms with Crippen LogP contribution in [-0.2, 0) is 4.79 Å². The smallest absolute Gasteiger partial charge is 0.222 e. The first-order valence-corrected chi connectivity index (χ1v) is 6.14. The van der Waals surface area contributed by atoms with E-state index in [9.17, 15) is 4.79 Å². The third-order valence-electron chi connectivity index (χ3n) is 2.71. The molecule has 2 heterocycles. The molecule has 0 spiro atoms. The summed E-state index contributed by atoms with van der Waals surface area (Å²) < 4.78 is 0. The van der Waals surface area contributed by atoms with Crippen LogP contribution in [0.2, 0.25) is 5.15 Å². The van der Waals surface area contributed by atoms with Crippen LogP contribution >= 0.6 is 11.6 Å². The van der Waals surface area contributed by atoms with Crippen molar-refractivity contribution in [1.82, 2.24) is 15.1 Å². The molecular formula is C11H15ClN4O. The van der Waals surface area contributed by atoms with E-state index in [2.05, 4.69) is 15.5 Å². The summed E-state index contributed by atoms with van der Waals surface area (Å²) >= 11 is 5.63. The second-order valence-corrected chi connectivity index (χ2v) is 4.39. The van der Waals surface area contributed by atoms with Crippen LogP contribution in [0.4, 0.5) is 5.82 Å². The van der Waals surface area contributed by atoms with Crippen LogP contribution in [0.25, 0.3) is 0 Å². The molecule has 1 aromatic rings. The number of hydrogen-bond donors (Lipinski definition) is 1. The average molecular weight is 255 g/mol. The first-order chi connectivity index (χ1) is 8.25. The van der Waals surface area contributed by atoms with Gasteiger partial charge < -0.3 is 10.2 Å². The predicted molar refractivity (Wildman–Crippen MR) is 66.0 cm³/mol. The third-order valence-corrected chi connectivity index (χ3v) is 2.92. The molecule has 0 radical (unpaired) electrons. The second kappa shape index (κ2) is 5.82. The molecule has 5 nitrogen and oxygen atoms in total. The normalized spacial score (nSPS) is 15.4. The van der Waals surface area contributed by atoms with E-state index < -0.39 is 0 Å². The molecule has 0 aromatic carbocycles. The lowest BCUT2D eigenvalue weighted by molar-refractivity contribution is -0.127. The van der Waals surface area contributed by atoms with Crippen LogP contribution in [0, 0.1) is 0 Å². The van der Waals surface area contributed by atoms with Crippen LogP contribution in [-0.4, -0.2) is 40.6 Å². The highest BCUT2D eigenvalue weighted by molar-refractivity contribution is 6.29. The van der Waals surface area contributed by atoms with Crippen LogP contribution in [0.15, 0.2) is 12.1 Å². The minimum Gasteiger partial charge on any atom is -0.369 e. The Labute approximate surface area is 105 Å². The molecule has 0 aliphatic carbocycles. The number of halogens is 1. The molecule has 92 valence electrons. The van der Waals surface area contributed by atoms with Gasteiger partial charge in [0.05, 0.1) is 0 Å². The number of anilines is 1. The molecule has 1 aliphatic rings. The monoisotopic (exact) mass is 254 g/mol. The van der Waals surface area contributed by atoms with E-state index in [0.29, 0.717) is 17.4 Å². The Morgan fingerprint density at radius 3 is 2.94 bits per heavy atom. The van der Waals surface area contributed by atoms with E-state index in [0.717, 1.165) is 32.5 Å². The van der Waals surface area contributed by atoms with Gasteiger partial charge in [0.1, 0.15) is 5.82 Å². The largest absolute Gasteiger partial charge is 0.369 e. The lowest BCUT2D eigenvalue weighted by Gasteiger charge is -2.15. The Balaban J connectivity index is 1.66. The average Bonchev–Trinajstić information content (AvgIpc) is 2.73. The number of carbonyl (C=O) groups is 1. The first-order valence-electron chi connectivity index (χ1n) is 5.76. The molecule has 0 saturated carbocycles.